The summed E-state index contributed by atoms with van der Waals surface area (Å²) in [6, 6.07) is 8.86. The number of hydrogen-bond donors (Lipinski definition) is 1. The van der Waals surface area contributed by atoms with E-state index in [1.165, 1.54) is 16.9 Å². The van der Waals surface area contributed by atoms with Gasteiger partial charge >= 0.3 is 0 Å². The summed E-state index contributed by atoms with van der Waals surface area (Å²) in [6.07, 6.45) is 0.557. The minimum absolute atomic E-state index is 0.136. The molecule has 0 fully saturated rings. The first kappa shape index (κ1) is 16.6. The lowest BCUT2D eigenvalue weighted by Gasteiger charge is -2.16. The molecule has 8 heteroatoms. The predicted molar refractivity (Wildman–Crippen MR) is 89.1 cm³/mol. The van der Waals surface area contributed by atoms with E-state index in [4.69, 9.17) is 16.3 Å². The molecule has 0 amide bonds. The number of rotatable bonds is 6. The lowest BCUT2D eigenvalue weighted by Crippen LogP contribution is -2.27. The van der Waals surface area contributed by atoms with E-state index in [-0.39, 0.29) is 18.7 Å². The Morgan fingerprint density at radius 3 is 2.96 bits per heavy atom. The van der Waals surface area contributed by atoms with Gasteiger partial charge in [-0.3, -0.25) is 4.79 Å². The number of ether oxygens (including phenoxy) is 1. The zero-order valence-corrected chi connectivity index (χ0v) is 13.8. The number of halogens is 1. The van der Waals surface area contributed by atoms with Crippen LogP contribution in [-0.2, 0) is 17.9 Å². The van der Waals surface area contributed by atoms with Gasteiger partial charge in [-0.2, -0.15) is 14.6 Å². The molecule has 1 aromatic carbocycles. The molecule has 0 bridgehead atoms. The highest BCUT2D eigenvalue weighted by molar-refractivity contribution is 6.31. The summed E-state index contributed by atoms with van der Waals surface area (Å²) in [6.45, 7) is 2.49. The second kappa shape index (κ2) is 7.12. The molecule has 126 valence electrons. The van der Waals surface area contributed by atoms with Gasteiger partial charge in [0.1, 0.15) is 6.33 Å². The summed E-state index contributed by atoms with van der Waals surface area (Å²) in [7, 11) is 0. The number of aliphatic hydroxyl groups excluding tert-OH is 1. The molecule has 0 radical (unpaired) electrons. The number of aliphatic hydroxyl groups is 1. The molecule has 7 nitrogen and oxygen atoms in total. The van der Waals surface area contributed by atoms with E-state index >= 15 is 0 Å². The monoisotopic (exact) mass is 348 g/mol. The van der Waals surface area contributed by atoms with Crippen LogP contribution in [0.15, 0.2) is 41.5 Å². The van der Waals surface area contributed by atoms with Gasteiger partial charge in [-0.15, -0.1) is 0 Å². The minimum Gasteiger partial charge on any atom is -0.389 e. The van der Waals surface area contributed by atoms with Crippen molar-refractivity contribution in [2.24, 2.45) is 0 Å². The second-order valence-corrected chi connectivity index (χ2v) is 5.87. The van der Waals surface area contributed by atoms with Gasteiger partial charge in [0, 0.05) is 16.8 Å². The molecule has 1 atom stereocenters. The van der Waals surface area contributed by atoms with Crippen molar-refractivity contribution in [1.82, 2.24) is 19.2 Å². The van der Waals surface area contributed by atoms with E-state index in [1.54, 1.807) is 17.6 Å². The SMILES string of the molecule is Cc1cc(=O)n2ncnc2n1C[C@H](O)COCc1ccccc1Cl. The van der Waals surface area contributed by atoms with Crippen LogP contribution in [-0.4, -0.2) is 37.0 Å². The van der Waals surface area contributed by atoms with Crippen molar-refractivity contribution in [3.63, 3.8) is 0 Å². The predicted octanol–water partition coefficient (Wildman–Crippen LogP) is 1.43. The first-order chi connectivity index (χ1) is 11.6. The first-order valence-corrected chi connectivity index (χ1v) is 7.83. The molecular weight excluding hydrogens is 332 g/mol. The van der Waals surface area contributed by atoms with E-state index in [9.17, 15) is 9.90 Å². The van der Waals surface area contributed by atoms with Gasteiger partial charge in [-0.05, 0) is 18.6 Å². The number of nitrogens with zero attached hydrogens (tertiary/aromatic N) is 4. The van der Waals surface area contributed by atoms with E-state index in [0.29, 0.717) is 23.1 Å². The van der Waals surface area contributed by atoms with Gasteiger partial charge in [-0.1, -0.05) is 29.8 Å². The molecule has 24 heavy (non-hydrogen) atoms. The third-order valence-corrected chi connectivity index (χ3v) is 4.03. The van der Waals surface area contributed by atoms with E-state index < -0.39 is 6.10 Å². The summed E-state index contributed by atoms with van der Waals surface area (Å²) < 4.78 is 8.47. The molecule has 3 aromatic rings. The van der Waals surface area contributed by atoms with E-state index in [2.05, 4.69) is 10.1 Å². The maximum Gasteiger partial charge on any atom is 0.275 e. The van der Waals surface area contributed by atoms with Crippen molar-refractivity contribution < 1.29 is 9.84 Å². The van der Waals surface area contributed by atoms with Crippen molar-refractivity contribution in [3.8, 4) is 0 Å². The fourth-order valence-electron chi connectivity index (χ4n) is 2.46. The molecule has 2 aromatic heterocycles. The maximum atomic E-state index is 11.8. The molecular formula is C16H17ClN4O3. The number of benzene rings is 1. The van der Waals surface area contributed by atoms with Crippen LogP contribution in [0, 0.1) is 6.92 Å². The zero-order chi connectivity index (χ0) is 17.1. The Bertz CT molecular complexity index is 906. The molecule has 0 aliphatic carbocycles. The Morgan fingerprint density at radius 1 is 1.38 bits per heavy atom. The summed E-state index contributed by atoms with van der Waals surface area (Å²) >= 11 is 6.06. The standard InChI is InChI=1S/C16H17ClN4O3/c1-11-6-15(23)21-16(18-10-19-21)20(11)7-13(22)9-24-8-12-4-2-3-5-14(12)17/h2-6,10,13,22H,7-9H2,1H3/t13-/m0/s1. The zero-order valence-electron chi connectivity index (χ0n) is 13.1. The van der Waals surface area contributed by atoms with Crippen LogP contribution in [0.2, 0.25) is 5.02 Å². The number of hydrogen-bond acceptors (Lipinski definition) is 5. The second-order valence-electron chi connectivity index (χ2n) is 5.47. The van der Waals surface area contributed by atoms with Crippen molar-refractivity contribution in [3.05, 3.63) is 63.3 Å². The van der Waals surface area contributed by atoms with Crippen LogP contribution in [0.25, 0.3) is 5.78 Å². The first-order valence-electron chi connectivity index (χ1n) is 7.45. The Balaban J connectivity index is 1.65. The van der Waals surface area contributed by atoms with Gasteiger partial charge in [0.15, 0.2) is 0 Å². The van der Waals surface area contributed by atoms with Crippen LogP contribution in [0.4, 0.5) is 0 Å². The summed E-state index contributed by atoms with van der Waals surface area (Å²) in [5.74, 6) is 0.394. The molecule has 0 saturated heterocycles. The Hall–Kier alpha value is -2.22. The smallest absolute Gasteiger partial charge is 0.275 e. The third kappa shape index (κ3) is 3.48. The molecule has 1 N–H and O–H groups in total. The minimum atomic E-state index is -0.755. The summed E-state index contributed by atoms with van der Waals surface area (Å²) in [5, 5.41) is 14.7. The Kier molecular flexibility index (Phi) is 4.94. The fraction of sp³-hybridized carbons (Fsp3) is 0.312. The van der Waals surface area contributed by atoms with Crippen molar-refractivity contribution in [2.75, 3.05) is 6.61 Å². The average Bonchev–Trinajstić information content (AvgIpc) is 3.03. The van der Waals surface area contributed by atoms with E-state index in [0.717, 1.165) is 5.56 Å². The van der Waals surface area contributed by atoms with Crippen LogP contribution in [0.5, 0.6) is 0 Å². The highest BCUT2D eigenvalue weighted by atomic mass is 35.5. The van der Waals surface area contributed by atoms with Crippen LogP contribution in [0.1, 0.15) is 11.3 Å². The summed E-state index contributed by atoms with van der Waals surface area (Å²) in [5.41, 5.74) is 1.32. The van der Waals surface area contributed by atoms with Crippen molar-refractivity contribution in [1.29, 1.82) is 0 Å². The van der Waals surface area contributed by atoms with Gasteiger partial charge in [0.25, 0.3) is 5.56 Å². The number of fused-ring (bicyclic) bond motifs is 1. The molecule has 2 heterocycles. The Morgan fingerprint density at radius 2 is 2.17 bits per heavy atom. The fourth-order valence-corrected chi connectivity index (χ4v) is 2.65. The quantitative estimate of drug-likeness (QED) is 0.728. The molecule has 0 saturated carbocycles. The normalized spacial score (nSPS) is 12.6. The highest BCUT2D eigenvalue weighted by Crippen LogP contribution is 2.15. The van der Waals surface area contributed by atoms with Crippen molar-refractivity contribution in [2.45, 2.75) is 26.2 Å². The molecule has 0 unspecified atom stereocenters. The number of aromatic nitrogens is 4. The van der Waals surface area contributed by atoms with Gasteiger partial charge in [-0.25, -0.2) is 0 Å². The maximum absolute atomic E-state index is 11.8. The van der Waals surface area contributed by atoms with Crippen LogP contribution in [0.3, 0.4) is 0 Å². The largest absolute Gasteiger partial charge is 0.389 e. The molecule has 0 aliphatic heterocycles. The van der Waals surface area contributed by atoms with Gasteiger partial charge in [0.2, 0.25) is 5.78 Å². The van der Waals surface area contributed by atoms with Crippen LogP contribution >= 0.6 is 11.6 Å². The topological polar surface area (TPSA) is 81.7 Å². The lowest BCUT2D eigenvalue weighted by atomic mass is 10.2. The third-order valence-electron chi connectivity index (χ3n) is 3.66. The van der Waals surface area contributed by atoms with Crippen molar-refractivity contribution >= 4 is 17.4 Å². The average molecular weight is 349 g/mol. The molecule has 0 spiro atoms. The van der Waals surface area contributed by atoms with E-state index in [1.807, 2.05) is 18.2 Å². The summed E-state index contributed by atoms with van der Waals surface area (Å²) in [4.78, 5) is 15.9. The lowest BCUT2D eigenvalue weighted by molar-refractivity contribution is 0.0204. The molecule has 0 aliphatic rings. The van der Waals surface area contributed by atoms with Gasteiger partial charge < -0.3 is 14.4 Å². The Labute approximate surface area is 143 Å². The van der Waals surface area contributed by atoms with Crippen LogP contribution < -0.4 is 5.56 Å². The number of aryl methyl sites for hydroxylation is 1. The molecule has 3 rings (SSSR count). The van der Waals surface area contributed by atoms with Gasteiger partial charge in [0.05, 0.1) is 25.9 Å². The highest BCUT2D eigenvalue weighted by Gasteiger charge is 2.13.